The van der Waals surface area contributed by atoms with Gasteiger partial charge in [-0.1, -0.05) is 0 Å². The standard InChI is InChI=1S/C9H16N2O3/c1-10-8(9(13)14-3)6-4-5-7(12)11(6)2/h6,8,10H,4-5H2,1-3H3/t6-,8?/m0/s1. The quantitative estimate of drug-likeness (QED) is 0.616. The maximum atomic E-state index is 11.4. The molecule has 1 amide bonds. The number of hydrogen-bond acceptors (Lipinski definition) is 4. The van der Waals surface area contributed by atoms with Crippen LogP contribution in [0.4, 0.5) is 0 Å². The van der Waals surface area contributed by atoms with E-state index < -0.39 is 6.04 Å². The third kappa shape index (κ3) is 1.87. The van der Waals surface area contributed by atoms with Gasteiger partial charge in [-0.05, 0) is 13.5 Å². The minimum absolute atomic E-state index is 0.0825. The summed E-state index contributed by atoms with van der Waals surface area (Å²) in [6, 6.07) is -0.503. The number of hydrogen-bond donors (Lipinski definition) is 1. The molecule has 14 heavy (non-hydrogen) atoms. The van der Waals surface area contributed by atoms with Crippen molar-refractivity contribution in [3.05, 3.63) is 0 Å². The fraction of sp³-hybridized carbons (Fsp3) is 0.778. The molecule has 1 aliphatic rings. The number of nitrogens with one attached hydrogen (secondary N) is 1. The Kier molecular flexibility index (Phi) is 3.46. The molecule has 5 nitrogen and oxygen atoms in total. The molecule has 1 rings (SSSR count). The van der Waals surface area contributed by atoms with Crippen molar-refractivity contribution in [1.82, 2.24) is 10.2 Å². The van der Waals surface area contributed by atoms with Gasteiger partial charge in [0, 0.05) is 13.5 Å². The van der Waals surface area contributed by atoms with Gasteiger partial charge in [0.15, 0.2) is 0 Å². The fourth-order valence-corrected chi connectivity index (χ4v) is 1.81. The number of carbonyl (C=O) groups excluding carboxylic acids is 2. The first-order valence-electron chi connectivity index (χ1n) is 4.62. The van der Waals surface area contributed by atoms with Crippen LogP contribution >= 0.6 is 0 Å². The second kappa shape index (κ2) is 4.41. The Morgan fingerprint density at radius 1 is 1.71 bits per heavy atom. The number of nitrogens with zero attached hydrogens (tertiary/aromatic N) is 1. The van der Waals surface area contributed by atoms with Crippen molar-refractivity contribution in [2.45, 2.75) is 24.9 Å². The van der Waals surface area contributed by atoms with Crippen molar-refractivity contribution in [3.8, 4) is 0 Å². The van der Waals surface area contributed by atoms with Crippen molar-refractivity contribution >= 4 is 11.9 Å². The topological polar surface area (TPSA) is 58.6 Å². The Hall–Kier alpha value is -1.10. The summed E-state index contributed by atoms with van der Waals surface area (Å²) in [5.41, 5.74) is 0. The summed E-state index contributed by atoms with van der Waals surface area (Å²) >= 11 is 0. The number of esters is 1. The van der Waals surface area contributed by atoms with Gasteiger partial charge in [-0.25, -0.2) is 0 Å². The Morgan fingerprint density at radius 3 is 2.71 bits per heavy atom. The molecule has 5 heteroatoms. The van der Waals surface area contributed by atoms with Crippen LogP contribution in [0.1, 0.15) is 12.8 Å². The lowest BCUT2D eigenvalue weighted by atomic mass is 10.1. The Bertz CT molecular complexity index is 242. The summed E-state index contributed by atoms with van der Waals surface area (Å²) in [6.45, 7) is 0. The van der Waals surface area contributed by atoms with Gasteiger partial charge in [-0.15, -0.1) is 0 Å². The summed E-state index contributed by atoms with van der Waals surface area (Å²) in [6.07, 6.45) is 1.21. The number of likely N-dealkylation sites (tertiary alicyclic amines) is 1. The van der Waals surface area contributed by atoms with Crippen LogP contribution in [0.5, 0.6) is 0 Å². The van der Waals surface area contributed by atoms with Crippen LogP contribution in [0.3, 0.4) is 0 Å². The molecule has 1 unspecified atom stereocenters. The van der Waals surface area contributed by atoms with Gasteiger partial charge >= 0.3 is 5.97 Å². The molecule has 1 fully saturated rings. The third-order valence-electron chi connectivity index (χ3n) is 2.70. The second-order valence-electron chi connectivity index (χ2n) is 3.40. The minimum Gasteiger partial charge on any atom is -0.468 e. The van der Waals surface area contributed by atoms with Crippen LogP contribution in [-0.4, -0.2) is 50.1 Å². The molecule has 0 bridgehead atoms. The molecule has 80 valence electrons. The summed E-state index contributed by atoms with van der Waals surface area (Å²) < 4.78 is 4.66. The molecular weight excluding hydrogens is 184 g/mol. The van der Waals surface area contributed by atoms with E-state index in [-0.39, 0.29) is 17.9 Å². The summed E-state index contributed by atoms with van der Waals surface area (Å²) in [7, 11) is 4.76. The van der Waals surface area contributed by atoms with Crippen LogP contribution in [-0.2, 0) is 14.3 Å². The highest BCUT2D eigenvalue weighted by Gasteiger charge is 2.37. The lowest BCUT2D eigenvalue weighted by Gasteiger charge is -2.26. The van der Waals surface area contributed by atoms with Crippen molar-refractivity contribution in [3.63, 3.8) is 0 Å². The van der Waals surface area contributed by atoms with Gasteiger partial charge in [-0.3, -0.25) is 9.59 Å². The summed E-state index contributed by atoms with van der Waals surface area (Å²) in [5, 5.41) is 2.88. The first kappa shape index (κ1) is 11.0. The predicted molar refractivity (Wildman–Crippen MR) is 50.7 cm³/mol. The smallest absolute Gasteiger partial charge is 0.325 e. The zero-order valence-electron chi connectivity index (χ0n) is 8.74. The molecule has 1 aliphatic heterocycles. The van der Waals surface area contributed by atoms with E-state index in [0.29, 0.717) is 12.8 Å². The van der Waals surface area contributed by atoms with E-state index in [4.69, 9.17) is 0 Å². The summed E-state index contributed by atoms with van der Waals surface area (Å²) in [5.74, 6) is -0.238. The zero-order chi connectivity index (χ0) is 10.7. The molecule has 0 aliphatic carbocycles. The first-order valence-corrected chi connectivity index (χ1v) is 4.62. The molecule has 1 N–H and O–H groups in total. The molecule has 0 spiro atoms. The van der Waals surface area contributed by atoms with Crippen molar-refractivity contribution in [2.75, 3.05) is 21.2 Å². The van der Waals surface area contributed by atoms with Crippen molar-refractivity contribution < 1.29 is 14.3 Å². The molecule has 0 radical (unpaired) electrons. The average molecular weight is 200 g/mol. The van der Waals surface area contributed by atoms with Crippen molar-refractivity contribution in [2.24, 2.45) is 0 Å². The Labute approximate surface area is 83.4 Å². The van der Waals surface area contributed by atoms with Gasteiger partial charge in [0.05, 0.1) is 13.2 Å². The maximum Gasteiger partial charge on any atom is 0.325 e. The van der Waals surface area contributed by atoms with E-state index >= 15 is 0 Å². The Morgan fingerprint density at radius 2 is 2.36 bits per heavy atom. The monoisotopic (exact) mass is 200 g/mol. The van der Waals surface area contributed by atoms with Crippen LogP contribution in [0.25, 0.3) is 0 Å². The molecule has 0 aromatic carbocycles. The minimum atomic E-state index is -0.420. The van der Waals surface area contributed by atoms with Crippen LogP contribution in [0.2, 0.25) is 0 Å². The predicted octanol–water partition coefficient (Wildman–Crippen LogP) is -0.632. The van der Waals surface area contributed by atoms with E-state index in [1.807, 2.05) is 0 Å². The molecule has 2 atom stereocenters. The van der Waals surface area contributed by atoms with Gasteiger partial charge in [0.25, 0.3) is 0 Å². The second-order valence-corrected chi connectivity index (χ2v) is 3.40. The van der Waals surface area contributed by atoms with Gasteiger partial charge < -0.3 is 15.0 Å². The number of methoxy groups -OCH3 is 1. The summed E-state index contributed by atoms with van der Waals surface area (Å²) in [4.78, 5) is 24.2. The molecule has 1 heterocycles. The maximum absolute atomic E-state index is 11.4. The van der Waals surface area contributed by atoms with Crippen LogP contribution in [0.15, 0.2) is 0 Å². The molecule has 0 aromatic rings. The number of amides is 1. The lowest BCUT2D eigenvalue weighted by Crippen LogP contribution is -2.50. The number of carbonyl (C=O) groups is 2. The largest absolute Gasteiger partial charge is 0.468 e. The lowest BCUT2D eigenvalue weighted by molar-refractivity contribution is -0.145. The normalized spacial score (nSPS) is 23.8. The van der Waals surface area contributed by atoms with E-state index in [9.17, 15) is 9.59 Å². The molecular formula is C9H16N2O3. The van der Waals surface area contributed by atoms with Crippen molar-refractivity contribution in [1.29, 1.82) is 0 Å². The van der Waals surface area contributed by atoms with Gasteiger partial charge in [-0.2, -0.15) is 0 Å². The fourth-order valence-electron chi connectivity index (χ4n) is 1.81. The zero-order valence-corrected chi connectivity index (χ0v) is 8.74. The SMILES string of the molecule is CNC(C(=O)OC)[C@@H]1CCC(=O)N1C. The molecule has 0 aromatic heterocycles. The first-order chi connectivity index (χ1) is 6.61. The highest BCUT2D eigenvalue weighted by Crippen LogP contribution is 2.19. The Balaban J connectivity index is 2.70. The number of likely N-dealkylation sites (N-methyl/N-ethyl adjacent to an activating group) is 2. The van der Waals surface area contributed by atoms with E-state index in [1.165, 1.54) is 7.11 Å². The van der Waals surface area contributed by atoms with E-state index in [2.05, 4.69) is 10.1 Å². The average Bonchev–Trinajstić information content (AvgIpc) is 2.50. The highest BCUT2D eigenvalue weighted by molar-refractivity contribution is 5.82. The highest BCUT2D eigenvalue weighted by atomic mass is 16.5. The number of ether oxygens (including phenoxy) is 1. The van der Waals surface area contributed by atoms with E-state index in [0.717, 1.165) is 0 Å². The van der Waals surface area contributed by atoms with Gasteiger partial charge in [0.2, 0.25) is 5.91 Å². The van der Waals surface area contributed by atoms with E-state index in [1.54, 1.807) is 19.0 Å². The third-order valence-corrected chi connectivity index (χ3v) is 2.70. The van der Waals surface area contributed by atoms with Gasteiger partial charge in [0.1, 0.15) is 6.04 Å². The molecule has 0 saturated carbocycles. The van der Waals surface area contributed by atoms with Crippen LogP contribution in [0, 0.1) is 0 Å². The molecule has 1 saturated heterocycles. The number of rotatable bonds is 3. The van der Waals surface area contributed by atoms with Crippen LogP contribution < -0.4 is 5.32 Å².